The number of carbonyl (C=O) groups is 2. The highest BCUT2D eigenvalue weighted by molar-refractivity contribution is 5.96. The number of rotatable bonds is 0. The van der Waals surface area contributed by atoms with E-state index in [9.17, 15) is 14.7 Å². The fourth-order valence-electron chi connectivity index (χ4n) is 4.85. The molecule has 3 nitrogen and oxygen atoms in total. The van der Waals surface area contributed by atoms with Crippen molar-refractivity contribution < 1.29 is 14.7 Å². The smallest absolute Gasteiger partial charge is 0.162 e. The summed E-state index contributed by atoms with van der Waals surface area (Å²) in [7, 11) is 0. The SMILES string of the molecule is O=C1CC2(CCCCC2)C[C@@]2(CCCCC2=O)[C@@H]1O. The molecular weight excluding hydrogens is 240 g/mol. The topological polar surface area (TPSA) is 54.4 Å². The zero-order valence-electron chi connectivity index (χ0n) is 11.6. The van der Waals surface area contributed by atoms with Crippen molar-refractivity contribution in [2.75, 3.05) is 0 Å². The van der Waals surface area contributed by atoms with Gasteiger partial charge in [0.25, 0.3) is 0 Å². The number of ketones is 2. The Labute approximate surface area is 114 Å². The zero-order valence-corrected chi connectivity index (χ0v) is 11.6. The third kappa shape index (κ3) is 2.06. The van der Waals surface area contributed by atoms with E-state index in [0.29, 0.717) is 12.8 Å². The molecule has 0 radical (unpaired) electrons. The maximum Gasteiger partial charge on any atom is 0.162 e. The van der Waals surface area contributed by atoms with Gasteiger partial charge in [-0.1, -0.05) is 25.7 Å². The molecule has 3 rings (SSSR count). The maximum absolute atomic E-state index is 12.4. The number of hydrogen-bond acceptors (Lipinski definition) is 3. The monoisotopic (exact) mass is 264 g/mol. The molecule has 0 aliphatic heterocycles. The lowest BCUT2D eigenvalue weighted by molar-refractivity contribution is -0.164. The van der Waals surface area contributed by atoms with Crippen molar-refractivity contribution in [3.05, 3.63) is 0 Å². The number of aliphatic hydroxyl groups is 1. The summed E-state index contributed by atoms with van der Waals surface area (Å²) in [6.45, 7) is 0. The molecular formula is C16H24O3. The Bertz CT molecular complexity index is 395. The Hall–Kier alpha value is -0.700. The lowest BCUT2D eigenvalue weighted by Gasteiger charge is -2.51. The molecule has 3 aliphatic rings. The van der Waals surface area contributed by atoms with E-state index in [1.165, 1.54) is 19.3 Å². The fraction of sp³-hybridized carbons (Fsp3) is 0.875. The van der Waals surface area contributed by atoms with E-state index < -0.39 is 11.5 Å². The summed E-state index contributed by atoms with van der Waals surface area (Å²) in [6, 6.07) is 0. The highest BCUT2D eigenvalue weighted by Gasteiger charge is 2.57. The second kappa shape index (κ2) is 4.69. The standard InChI is InChI=1S/C16H24O3/c17-12-10-15(7-3-1-4-8-15)11-16(14(12)19)9-5-2-6-13(16)18/h14,19H,1-11H2/t14-,16-/m1/s1. The molecule has 0 bridgehead atoms. The molecule has 3 fully saturated rings. The van der Waals surface area contributed by atoms with Crippen LogP contribution < -0.4 is 0 Å². The Morgan fingerprint density at radius 2 is 1.63 bits per heavy atom. The van der Waals surface area contributed by atoms with Crippen molar-refractivity contribution >= 4 is 11.6 Å². The highest BCUT2D eigenvalue weighted by atomic mass is 16.3. The van der Waals surface area contributed by atoms with Crippen molar-refractivity contribution in [3.63, 3.8) is 0 Å². The van der Waals surface area contributed by atoms with Gasteiger partial charge in [0, 0.05) is 12.8 Å². The van der Waals surface area contributed by atoms with Gasteiger partial charge in [0.15, 0.2) is 5.78 Å². The third-order valence-electron chi connectivity index (χ3n) is 5.81. The molecule has 2 atom stereocenters. The summed E-state index contributed by atoms with van der Waals surface area (Å²) in [5, 5.41) is 10.4. The summed E-state index contributed by atoms with van der Waals surface area (Å²) >= 11 is 0. The van der Waals surface area contributed by atoms with Gasteiger partial charge in [-0.05, 0) is 37.5 Å². The van der Waals surface area contributed by atoms with Gasteiger partial charge in [0.2, 0.25) is 0 Å². The van der Waals surface area contributed by atoms with Gasteiger partial charge in [-0.15, -0.1) is 0 Å². The number of carbonyl (C=O) groups excluding carboxylic acids is 2. The molecule has 1 N–H and O–H groups in total. The van der Waals surface area contributed by atoms with E-state index in [0.717, 1.165) is 38.5 Å². The summed E-state index contributed by atoms with van der Waals surface area (Å²) in [4.78, 5) is 24.7. The van der Waals surface area contributed by atoms with E-state index in [4.69, 9.17) is 0 Å². The molecule has 3 heteroatoms. The Balaban J connectivity index is 1.93. The van der Waals surface area contributed by atoms with Crippen molar-refractivity contribution in [3.8, 4) is 0 Å². The second-order valence-electron chi connectivity index (χ2n) is 7.07. The first-order chi connectivity index (χ1) is 9.08. The summed E-state index contributed by atoms with van der Waals surface area (Å²) in [6.07, 6.45) is 9.17. The largest absolute Gasteiger partial charge is 0.384 e. The molecule has 106 valence electrons. The van der Waals surface area contributed by atoms with Crippen LogP contribution in [0.3, 0.4) is 0 Å². The minimum atomic E-state index is -1.02. The van der Waals surface area contributed by atoms with E-state index in [1.807, 2.05) is 0 Å². The molecule has 0 aromatic rings. The normalized spacial score (nSPS) is 38.9. The van der Waals surface area contributed by atoms with E-state index in [1.54, 1.807) is 0 Å². The minimum absolute atomic E-state index is 0.0293. The first kappa shape index (κ1) is 13.3. The molecule has 3 aliphatic carbocycles. The van der Waals surface area contributed by atoms with Gasteiger partial charge in [-0.3, -0.25) is 9.59 Å². The van der Waals surface area contributed by atoms with Gasteiger partial charge in [0.1, 0.15) is 11.9 Å². The van der Waals surface area contributed by atoms with Crippen LogP contribution in [0.25, 0.3) is 0 Å². The molecule has 0 unspecified atom stereocenters. The van der Waals surface area contributed by atoms with E-state index >= 15 is 0 Å². The average Bonchev–Trinajstić information content (AvgIpc) is 2.40. The van der Waals surface area contributed by atoms with Gasteiger partial charge in [-0.25, -0.2) is 0 Å². The third-order valence-corrected chi connectivity index (χ3v) is 5.81. The van der Waals surface area contributed by atoms with Crippen LogP contribution >= 0.6 is 0 Å². The fourth-order valence-corrected chi connectivity index (χ4v) is 4.85. The predicted octanol–water partition coefficient (Wildman–Crippen LogP) is 2.79. The van der Waals surface area contributed by atoms with Crippen LogP contribution in [-0.2, 0) is 9.59 Å². The Morgan fingerprint density at radius 1 is 0.947 bits per heavy atom. The average molecular weight is 264 g/mol. The molecule has 19 heavy (non-hydrogen) atoms. The van der Waals surface area contributed by atoms with Crippen LogP contribution in [0.2, 0.25) is 0 Å². The predicted molar refractivity (Wildman–Crippen MR) is 71.7 cm³/mol. The Morgan fingerprint density at radius 3 is 2.32 bits per heavy atom. The maximum atomic E-state index is 12.4. The second-order valence-corrected chi connectivity index (χ2v) is 7.07. The molecule has 0 aromatic carbocycles. The molecule has 0 saturated heterocycles. The van der Waals surface area contributed by atoms with Crippen LogP contribution in [-0.4, -0.2) is 22.8 Å². The van der Waals surface area contributed by atoms with Crippen LogP contribution in [0.15, 0.2) is 0 Å². The van der Waals surface area contributed by atoms with Gasteiger partial charge in [0.05, 0.1) is 5.41 Å². The van der Waals surface area contributed by atoms with E-state index in [2.05, 4.69) is 0 Å². The molecule has 0 aromatic heterocycles. The summed E-state index contributed by atoms with van der Waals surface area (Å²) in [5.74, 6) is 0.0904. The van der Waals surface area contributed by atoms with Crippen molar-refractivity contribution in [1.29, 1.82) is 0 Å². The van der Waals surface area contributed by atoms with Crippen molar-refractivity contribution in [1.82, 2.24) is 0 Å². The number of aliphatic hydroxyl groups excluding tert-OH is 1. The van der Waals surface area contributed by atoms with Crippen molar-refractivity contribution in [2.45, 2.75) is 76.7 Å². The molecule has 3 saturated carbocycles. The van der Waals surface area contributed by atoms with E-state index in [-0.39, 0.29) is 17.0 Å². The zero-order chi connectivity index (χ0) is 13.5. The summed E-state index contributed by atoms with van der Waals surface area (Å²) in [5.41, 5.74) is -0.688. The lowest BCUT2D eigenvalue weighted by Crippen LogP contribution is -2.56. The molecule has 0 heterocycles. The van der Waals surface area contributed by atoms with Gasteiger partial charge < -0.3 is 5.11 Å². The highest BCUT2D eigenvalue weighted by Crippen LogP contribution is 2.56. The molecule has 2 spiro atoms. The first-order valence-corrected chi connectivity index (χ1v) is 7.82. The van der Waals surface area contributed by atoms with Gasteiger partial charge in [-0.2, -0.15) is 0 Å². The van der Waals surface area contributed by atoms with Crippen LogP contribution in [0, 0.1) is 10.8 Å². The van der Waals surface area contributed by atoms with Crippen molar-refractivity contribution in [2.24, 2.45) is 10.8 Å². The quantitative estimate of drug-likeness (QED) is 0.732. The van der Waals surface area contributed by atoms with Crippen LogP contribution in [0.1, 0.15) is 70.6 Å². The minimum Gasteiger partial charge on any atom is -0.384 e. The number of Topliss-reactive ketones (excluding diaryl/α,β-unsaturated/α-hetero) is 2. The van der Waals surface area contributed by atoms with Crippen LogP contribution in [0.4, 0.5) is 0 Å². The summed E-state index contributed by atoms with van der Waals surface area (Å²) < 4.78 is 0. The molecule has 0 amide bonds. The Kier molecular flexibility index (Phi) is 3.28. The first-order valence-electron chi connectivity index (χ1n) is 7.82. The van der Waals surface area contributed by atoms with Gasteiger partial charge >= 0.3 is 0 Å². The number of hydrogen-bond donors (Lipinski definition) is 1. The van der Waals surface area contributed by atoms with Crippen LogP contribution in [0.5, 0.6) is 0 Å². The lowest BCUT2D eigenvalue weighted by atomic mass is 9.52.